The van der Waals surface area contributed by atoms with Gasteiger partial charge in [0.15, 0.2) is 0 Å². The van der Waals surface area contributed by atoms with Crippen molar-refractivity contribution in [2.75, 3.05) is 19.6 Å². The van der Waals surface area contributed by atoms with Gasteiger partial charge in [0, 0.05) is 31.4 Å². The van der Waals surface area contributed by atoms with Gasteiger partial charge in [0.05, 0.1) is 21.5 Å². The molecule has 5 rings (SSSR count). The van der Waals surface area contributed by atoms with Gasteiger partial charge in [0.1, 0.15) is 0 Å². The van der Waals surface area contributed by atoms with Crippen molar-refractivity contribution in [3.63, 3.8) is 0 Å². The van der Waals surface area contributed by atoms with Gasteiger partial charge in [0.2, 0.25) is 0 Å². The molecule has 2 aliphatic heterocycles. The van der Waals surface area contributed by atoms with Crippen LogP contribution in [0, 0.1) is 0 Å². The molecular weight excluding hydrogens is 306 g/mol. The molecule has 2 atom stereocenters. The highest BCUT2D eigenvalue weighted by Gasteiger charge is 2.61. The number of amides is 1. The van der Waals surface area contributed by atoms with Crippen molar-refractivity contribution >= 4 is 17.2 Å². The van der Waals surface area contributed by atoms with Crippen LogP contribution in [0.5, 0.6) is 0 Å². The minimum Gasteiger partial charge on any atom is -0.332 e. The van der Waals surface area contributed by atoms with Crippen LogP contribution >= 0.6 is 11.3 Å². The normalized spacial score (nSPS) is 29.2. The molecule has 0 aromatic carbocycles. The molecule has 0 N–H and O–H groups in total. The van der Waals surface area contributed by atoms with E-state index in [9.17, 15) is 4.79 Å². The number of thiophene rings is 1. The smallest absolute Gasteiger partial charge is 0.264 e. The highest BCUT2D eigenvalue weighted by molar-refractivity contribution is 7.17. The third kappa shape index (κ3) is 1.86. The van der Waals surface area contributed by atoms with Crippen LogP contribution in [0.4, 0.5) is 0 Å². The lowest BCUT2D eigenvalue weighted by molar-refractivity contribution is -0.161. The van der Waals surface area contributed by atoms with E-state index >= 15 is 0 Å². The maximum absolute atomic E-state index is 13.0. The monoisotopic (exact) mass is 325 g/mol. The molecule has 3 aliphatic rings. The number of hydrogen-bond acceptors (Lipinski definition) is 4. The van der Waals surface area contributed by atoms with Crippen molar-refractivity contribution in [1.82, 2.24) is 14.8 Å². The summed E-state index contributed by atoms with van der Waals surface area (Å²) in [5.41, 5.74) is 1.29. The first-order valence-corrected chi connectivity index (χ1v) is 9.17. The summed E-state index contributed by atoms with van der Waals surface area (Å²) in [4.78, 5) is 24.0. The minimum atomic E-state index is 0.216. The van der Waals surface area contributed by atoms with Gasteiger partial charge in [0.25, 0.3) is 5.91 Å². The first kappa shape index (κ1) is 13.7. The van der Waals surface area contributed by atoms with Gasteiger partial charge in [-0.25, -0.2) is 0 Å². The Morgan fingerprint density at radius 1 is 1.17 bits per heavy atom. The number of pyridine rings is 1. The summed E-state index contributed by atoms with van der Waals surface area (Å²) in [6.07, 6.45) is 5.50. The van der Waals surface area contributed by atoms with E-state index in [-0.39, 0.29) is 5.91 Å². The average Bonchev–Trinajstić information content (AvgIpc) is 3.01. The van der Waals surface area contributed by atoms with Crippen LogP contribution in [0.3, 0.4) is 0 Å². The summed E-state index contributed by atoms with van der Waals surface area (Å²) in [5.74, 6) is 0.216. The van der Waals surface area contributed by atoms with Crippen molar-refractivity contribution in [3.8, 4) is 10.6 Å². The van der Waals surface area contributed by atoms with Gasteiger partial charge in [-0.1, -0.05) is 6.07 Å². The van der Waals surface area contributed by atoms with Gasteiger partial charge in [-0.2, -0.15) is 0 Å². The standard InChI is InChI=1S/C18H19N3OS/c22-17(15-5-4-14(23-15)13-3-1-2-9-19-13)21-12-11-20-10-8-18(20)7-6-16(18)21/h1-5,9,16H,6-8,10-12H2. The van der Waals surface area contributed by atoms with Crippen molar-refractivity contribution in [3.05, 3.63) is 41.4 Å². The van der Waals surface area contributed by atoms with E-state index in [1.165, 1.54) is 25.8 Å². The lowest BCUT2D eigenvalue weighted by Crippen LogP contribution is -2.79. The second-order valence-electron chi connectivity index (χ2n) is 6.77. The zero-order valence-electron chi connectivity index (χ0n) is 12.9. The Hall–Kier alpha value is -1.72. The summed E-state index contributed by atoms with van der Waals surface area (Å²) >= 11 is 1.57. The zero-order valence-corrected chi connectivity index (χ0v) is 13.8. The molecular formula is C18H19N3OS. The molecule has 4 nitrogen and oxygen atoms in total. The van der Waals surface area contributed by atoms with Crippen molar-refractivity contribution in [2.45, 2.75) is 30.8 Å². The summed E-state index contributed by atoms with van der Waals surface area (Å²) < 4.78 is 0. The number of piperazine rings is 1. The molecule has 2 aromatic heterocycles. The summed E-state index contributed by atoms with van der Waals surface area (Å²) in [6.45, 7) is 3.14. The Kier molecular flexibility index (Phi) is 2.91. The minimum absolute atomic E-state index is 0.216. The topological polar surface area (TPSA) is 36.4 Å². The largest absolute Gasteiger partial charge is 0.332 e. The molecule has 118 valence electrons. The molecule has 2 saturated heterocycles. The molecule has 1 amide bonds. The van der Waals surface area contributed by atoms with Crippen LogP contribution in [0.1, 0.15) is 28.9 Å². The van der Waals surface area contributed by atoms with Gasteiger partial charge in [-0.05, 0) is 43.5 Å². The highest BCUT2D eigenvalue weighted by Crippen LogP contribution is 2.51. The van der Waals surface area contributed by atoms with Gasteiger partial charge >= 0.3 is 0 Å². The van der Waals surface area contributed by atoms with Crippen molar-refractivity contribution in [1.29, 1.82) is 0 Å². The summed E-state index contributed by atoms with van der Waals surface area (Å²) in [5, 5.41) is 0. The van der Waals surface area contributed by atoms with Crippen LogP contribution in [-0.4, -0.2) is 51.9 Å². The van der Waals surface area contributed by atoms with Crippen LogP contribution < -0.4 is 0 Å². The number of rotatable bonds is 2. The highest BCUT2D eigenvalue weighted by atomic mass is 32.1. The molecule has 1 saturated carbocycles. The van der Waals surface area contributed by atoms with Gasteiger partial charge in [-0.3, -0.25) is 14.7 Å². The Morgan fingerprint density at radius 3 is 2.83 bits per heavy atom. The third-order valence-electron chi connectivity index (χ3n) is 5.90. The molecule has 0 radical (unpaired) electrons. The lowest BCUT2D eigenvalue weighted by Gasteiger charge is -2.68. The Morgan fingerprint density at radius 2 is 2.13 bits per heavy atom. The fourth-order valence-corrected chi connectivity index (χ4v) is 5.41. The van der Waals surface area contributed by atoms with Crippen LogP contribution in [-0.2, 0) is 0 Å². The third-order valence-corrected chi connectivity index (χ3v) is 6.99. The Bertz CT molecular complexity index is 755. The number of carbonyl (C=O) groups excluding carboxylic acids is 1. The Labute approximate surface area is 139 Å². The molecule has 5 heteroatoms. The molecule has 1 aliphatic carbocycles. The maximum atomic E-state index is 13.0. The number of carbonyl (C=O) groups is 1. The van der Waals surface area contributed by atoms with Gasteiger partial charge < -0.3 is 4.90 Å². The molecule has 4 heterocycles. The predicted octanol–water partition coefficient (Wildman–Crippen LogP) is 2.87. The van der Waals surface area contributed by atoms with Crippen molar-refractivity contribution in [2.24, 2.45) is 0 Å². The second-order valence-corrected chi connectivity index (χ2v) is 7.86. The fraction of sp³-hybridized carbons (Fsp3) is 0.444. The summed E-state index contributed by atoms with van der Waals surface area (Å²) in [7, 11) is 0. The average molecular weight is 325 g/mol. The molecule has 2 unspecified atom stereocenters. The molecule has 3 fully saturated rings. The lowest BCUT2D eigenvalue weighted by atomic mass is 9.61. The van der Waals surface area contributed by atoms with E-state index in [2.05, 4.69) is 14.8 Å². The van der Waals surface area contributed by atoms with Crippen LogP contribution in [0.25, 0.3) is 10.6 Å². The fourth-order valence-electron chi connectivity index (χ4n) is 4.47. The van der Waals surface area contributed by atoms with E-state index in [0.717, 1.165) is 28.5 Å². The van der Waals surface area contributed by atoms with Gasteiger partial charge in [-0.15, -0.1) is 11.3 Å². The molecule has 0 bridgehead atoms. The number of aromatic nitrogens is 1. The van der Waals surface area contributed by atoms with Crippen LogP contribution in [0.15, 0.2) is 36.5 Å². The van der Waals surface area contributed by atoms with Crippen LogP contribution in [0.2, 0.25) is 0 Å². The molecule has 2 aromatic rings. The summed E-state index contributed by atoms with van der Waals surface area (Å²) in [6, 6.07) is 10.3. The molecule has 23 heavy (non-hydrogen) atoms. The second kappa shape index (κ2) is 4.89. The SMILES string of the molecule is O=C(c1ccc(-c2ccccn2)s1)N1CCN2CCC23CCC13. The maximum Gasteiger partial charge on any atom is 0.264 e. The quantitative estimate of drug-likeness (QED) is 0.852. The predicted molar refractivity (Wildman–Crippen MR) is 90.5 cm³/mol. The van der Waals surface area contributed by atoms with E-state index in [0.29, 0.717) is 11.6 Å². The van der Waals surface area contributed by atoms with E-state index < -0.39 is 0 Å². The number of hydrogen-bond donors (Lipinski definition) is 0. The first-order chi connectivity index (χ1) is 11.3. The van der Waals surface area contributed by atoms with E-state index in [1.54, 1.807) is 17.5 Å². The first-order valence-electron chi connectivity index (χ1n) is 8.35. The van der Waals surface area contributed by atoms with E-state index in [4.69, 9.17) is 0 Å². The number of nitrogens with zero attached hydrogens (tertiary/aromatic N) is 3. The van der Waals surface area contributed by atoms with E-state index in [1.807, 2.05) is 30.3 Å². The van der Waals surface area contributed by atoms with Crippen molar-refractivity contribution < 1.29 is 4.79 Å². The Balaban J connectivity index is 1.40. The molecule has 1 spiro atoms. The zero-order chi connectivity index (χ0) is 15.4.